The van der Waals surface area contributed by atoms with E-state index in [2.05, 4.69) is 20.7 Å². The van der Waals surface area contributed by atoms with E-state index in [9.17, 15) is 4.79 Å². The van der Waals surface area contributed by atoms with Gasteiger partial charge in [-0.05, 0) is 51.0 Å². The van der Waals surface area contributed by atoms with E-state index in [4.69, 9.17) is 0 Å². The summed E-state index contributed by atoms with van der Waals surface area (Å²) in [5.74, 6) is 0.553. The highest BCUT2D eigenvalue weighted by molar-refractivity contribution is 6.03. The van der Waals surface area contributed by atoms with E-state index in [1.807, 2.05) is 74.6 Å². The molecular weight excluding hydrogens is 376 g/mol. The highest BCUT2D eigenvalue weighted by atomic mass is 16.2. The SMILES string of the molecule is Cc1ccc(-n2nnc(C(=O)Nc3nn(-c4ccccc4)cc3C)c2C2CC2)cc1. The number of rotatable bonds is 5. The molecule has 1 amide bonds. The van der Waals surface area contributed by atoms with Crippen LogP contribution < -0.4 is 5.32 Å². The summed E-state index contributed by atoms with van der Waals surface area (Å²) in [5.41, 5.74) is 5.15. The van der Waals surface area contributed by atoms with E-state index >= 15 is 0 Å². The van der Waals surface area contributed by atoms with Crippen LogP contribution in [0.3, 0.4) is 0 Å². The molecule has 0 atom stereocenters. The maximum absolute atomic E-state index is 13.1. The second-order valence-corrected chi connectivity index (χ2v) is 7.74. The molecule has 7 nitrogen and oxygen atoms in total. The first-order chi connectivity index (χ1) is 14.6. The lowest BCUT2D eigenvalue weighted by molar-refractivity contribution is 0.102. The summed E-state index contributed by atoms with van der Waals surface area (Å²) < 4.78 is 3.55. The monoisotopic (exact) mass is 398 g/mol. The Kier molecular flexibility index (Phi) is 4.43. The van der Waals surface area contributed by atoms with E-state index in [0.29, 0.717) is 17.4 Å². The van der Waals surface area contributed by atoms with Gasteiger partial charge in [-0.15, -0.1) is 10.2 Å². The lowest BCUT2D eigenvalue weighted by atomic mass is 10.2. The first-order valence-corrected chi connectivity index (χ1v) is 10.1. The molecule has 5 rings (SSSR count). The number of anilines is 1. The van der Waals surface area contributed by atoms with Gasteiger partial charge >= 0.3 is 0 Å². The lowest BCUT2D eigenvalue weighted by Gasteiger charge is -2.07. The van der Waals surface area contributed by atoms with E-state index in [-0.39, 0.29) is 5.91 Å². The molecule has 0 saturated heterocycles. The van der Waals surface area contributed by atoms with E-state index < -0.39 is 0 Å². The molecule has 1 saturated carbocycles. The number of amides is 1. The van der Waals surface area contributed by atoms with Crippen molar-refractivity contribution in [2.45, 2.75) is 32.6 Å². The van der Waals surface area contributed by atoms with Crippen LogP contribution in [0.15, 0.2) is 60.8 Å². The van der Waals surface area contributed by atoms with Gasteiger partial charge in [0, 0.05) is 17.7 Å². The number of nitrogens with one attached hydrogen (secondary N) is 1. The van der Waals surface area contributed by atoms with Crippen molar-refractivity contribution in [3.8, 4) is 11.4 Å². The van der Waals surface area contributed by atoms with Crippen molar-refractivity contribution in [2.24, 2.45) is 0 Å². The van der Waals surface area contributed by atoms with Gasteiger partial charge in [0.2, 0.25) is 0 Å². The van der Waals surface area contributed by atoms with Gasteiger partial charge in [-0.25, -0.2) is 9.36 Å². The number of carbonyl (C=O) groups is 1. The predicted molar refractivity (Wildman–Crippen MR) is 114 cm³/mol. The third kappa shape index (κ3) is 3.39. The highest BCUT2D eigenvalue weighted by Crippen LogP contribution is 2.42. The Bertz CT molecular complexity index is 1200. The summed E-state index contributed by atoms with van der Waals surface area (Å²) in [4.78, 5) is 13.1. The quantitative estimate of drug-likeness (QED) is 0.547. The van der Waals surface area contributed by atoms with Crippen LogP contribution in [0.4, 0.5) is 5.82 Å². The zero-order chi connectivity index (χ0) is 20.7. The fourth-order valence-corrected chi connectivity index (χ4v) is 3.51. The first-order valence-electron chi connectivity index (χ1n) is 10.1. The Morgan fingerprint density at radius 1 is 1.00 bits per heavy atom. The number of para-hydroxylation sites is 1. The number of aromatic nitrogens is 5. The Morgan fingerprint density at radius 3 is 2.43 bits per heavy atom. The molecule has 0 radical (unpaired) electrons. The second-order valence-electron chi connectivity index (χ2n) is 7.74. The fraction of sp³-hybridized carbons (Fsp3) is 0.217. The van der Waals surface area contributed by atoms with Gasteiger partial charge < -0.3 is 5.32 Å². The van der Waals surface area contributed by atoms with Crippen LogP contribution in [0.5, 0.6) is 0 Å². The van der Waals surface area contributed by atoms with Crippen LogP contribution >= 0.6 is 0 Å². The molecule has 4 aromatic rings. The Morgan fingerprint density at radius 2 is 1.73 bits per heavy atom. The maximum Gasteiger partial charge on any atom is 0.279 e. The third-order valence-electron chi connectivity index (χ3n) is 5.31. The number of nitrogens with zero attached hydrogens (tertiary/aromatic N) is 5. The van der Waals surface area contributed by atoms with Crippen molar-refractivity contribution in [2.75, 3.05) is 5.32 Å². The van der Waals surface area contributed by atoms with Gasteiger partial charge in [-0.2, -0.15) is 0 Å². The topological polar surface area (TPSA) is 77.6 Å². The molecule has 1 N–H and O–H groups in total. The molecule has 0 bridgehead atoms. The van der Waals surface area contributed by atoms with Gasteiger partial charge in [-0.1, -0.05) is 41.1 Å². The van der Waals surface area contributed by atoms with Gasteiger partial charge in [0.1, 0.15) is 0 Å². The Labute approximate surface area is 174 Å². The van der Waals surface area contributed by atoms with Crippen LogP contribution in [-0.2, 0) is 0 Å². The second kappa shape index (κ2) is 7.26. The van der Waals surface area contributed by atoms with Crippen LogP contribution in [0.25, 0.3) is 11.4 Å². The van der Waals surface area contributed by atoms with Gasteiger partial charge in [0.25, 0.3) is 5.91 Å². The van der Waals surface area contributed by atoms with Crippen molar-refractivity contribution >= 4 is 11.7 Å². The smallest absolute Gasteiger partial charge is 0.279 e. The lowest BCUT2D eigenvalue weighted by Crippen LogP contribution is -2.16. The fourth-order valence-electron chi connectivity index (χ4n) is 3.51. The first kappa shape index (κ1) is 18.3. The maximum atomic E-state index is 13.1. The molecule has 1 aliphatic rings. The molecule has 1 aliphatic carbocycles. The number of hydrogen-bond donors (Lipinski definition) is 1. The number of hydrogen-bond acceptors (Lipinski definition) is 4. The van der Waals surface area contributed by atoms with E-state index in [1.54, 1.807) is 9.36 Å². The molecule has 2 aromatic carbocycles. The van der Waals surface area contributed by atoms with Crippen molar-refractivity contribution in [1.29, 1.82) is 0 Å². The summed E-state index contributed by atoms with van der Waals surface area (Å²) in [7, 11) is 0. The summed E-state index contributed by atoms with van der Waals surface area (Å²) in [5, 5.41) is 16.0. The average molecular weight is 398 g/mol. The minimum atomic E-state index is -0.281. The highest BCUT2D eigenvalue weighted by Gasteiger charge is 2.34. The summed E-state index contributed by atoms with van der Waals surface area (Å²) >= 11 is 0. The molecule has 30 heavy (non-hydrogen) atoms. The molecule has 2 aromatic heterocycles. The predicted octanol–water partition coefficient (Wildman–Crippen LogP) is 4.20. The van der Waals surface area contributed by atoms with Crippen LogP contribution in [0, 0.1) is 13.8 Å². The molecule has 1 fully saturated rings. The zero-order valence-corrected chi connectivity index (χ0v) is 16.9. The van der Waals surface area contributed by atoms with Crippen LogP contribution in [0.1, 0.15) is 46.1 Å². The number of carbonyl (C=O) groups excluding carboxylic acids is 1. The normalized spacial score (nSPS) is 13.4. The van der Waals surface area contributed by atoms with Crippen LogP contribution in [0.2, 0.25) is 0 Å². The van der Waals surface area contributed by atoms with Crippen molar-refractivity contribution in [3.05, 3.63) is 83.3 Å². The molecule has 2 heterocycles. The molecule has 7 heteroatoms. The Hall–Kier alpha value is -3.74. The third-order valence-corrected chi connectivity index (χ3v) is 5.31. The number of benzene rings is 2. The minimum Gasteiger partial charge on any atom is -0.303 e. The molecule has 0 aliphatic heterocycles. The van der Waals surface area contributed by atoms with E-state index in [1.165, 1.54) is 5.56 Å². The molecule has 0 spiro atoms. The van der Waals surface area contributed by atoms with E-state index in [0.717, 1.165) is 35.5 Å². The zero-order valence-electron chi connectivity index (χ0n) is 16.9. The van der Waals surface area contributed by atoms with Gasteiger partial charge in [0.15, 0.2) is 11.5 Å². The molecule has 0 unspecified atom stereocenters. The van der Waals surface area contributed by atoms with Crippen molar-refractivity contribution < 1.29 is 4.79 Å². The number of aryl methyl sites for hydroxylation is 2. The van der Waals surface area contributed by atoms with Gasteiger partial charge in [-0.3, -0.25) is 4.79 Å². The van der Waals surface area contributed by atoms with Crippen molar-refractivity contribution in [3.63, 3.8) is 0 Å². The minimum absolute atomic E-state index is 0.281. The summed E-state index contributed by atoms with van der Waals surface area (Å²) in [6.07, 6.45) is 3.98. The van der Waals surface area contributed by atoms with Crippen molar-refractivity contribution in [1.82, 2.24) is 24.8 Å². The largest absolute Gasteiger partial charge is 0.303 e. The summed E-state index contributed by atoms with van der Waals surface area (Å²) in [6.45, 7) is 3.97. The van der Waals surface area contributed by atoms with Crippen LogP contribution in [-0.4, -0.2) is 30.7 Å². The summed E-state index contributed by atoms with van der Waals surface area (Å²) in [6, 6.07) is 17.9. The molecular formula is C23H22N6O. The Balaban J connectivity index is 1.45. The van der Waals surface area contributed by atoms with Gasteiger partial charge in [0.05, 0.1) is 17.1 Å². The molecule has 150 valence electrons. The average Bonchev–Trinajstić information content (AvgIpc) is 3.40. The standard InChI is InChI=1S/C23H22N6O/c1-15-8-12-19(13-9-15)29-21(17-10-11-17)20(25-27-29)23(30)24-22-16(2)14-28(26-22)18-6-4-3-5-7-18/h3-9,12-14,17H,10-11H2,1-2H3,(H,24,26,30).